The predicted octanol–water partition coefficient (Wildman–Crippen LogP) is -0.367. The van der Waals surface area contributed by atoms with Crippen LogP contribution in [0.3, 0.4) is 0 Å². The fourth-order valence-corrected chi connectivity index (χ4v) is 2.57. The van der Waals surface area contributed by atoms with Gasteiger partial charge in [-0.15, -0.1) is 0 Å². The smallest absolute Gasteiger partial charge is 0.240 e. The topological polar surface area (TPSA) is 118 Å². The van der Waals surface area contributed by atoms with E-state index in [2.05, 4.69) is 10.0 Å². The van der Waals surface area contributed by atoms with Crippen molar-refractivity contribution in [2.75, 3.05) is 36.7 Å². The number of nitrogens with two attached hydrogens (primary N) is 1. The van der Waals surface area contributed by atoms with Crippen LogP contribution in [0.2, 0.25) is 0 Å². The summed E-state index contributed by atoms with van der Waals surface area (Å²) in [6, 6.07) is 4.19. The molecule has 0 radical (unpaired) electrons. The van der Waals surface area contributed by atoms with Crippen LogP contribution < -0.4 is 15.8 Å². The van der Waals surface area contributed by atoms with E-state index in [-0.39, 0.29) is 17.2 Å². The van der Waals surface area contributed by atoms with Crippen LogP contribution in [-0.4, -0.2) is 42.4 Å². The number of sulfonamides is 1. The number of hydrogen-bond donors (Lipinski definition) is 3. The Bertz CT molecular complexity index is 653. The Hall–Kier alpha value is -1.32. The van der Waals surface area contributed by atoms with Crippen molar-refractivity contribution < 1.29 is 16.8 Å². The lowest BCUT2D eigenvalue weighted by Gasteiger charge is -2.11. The summed E-state index contributed by atoms with van der Waals surface area (Å²) in [6.07, 6.45) is 1.12. The minimum absolute atomic E-state index is 0.0601. The van der Waals surface area contributed by atoms with Gasteiger partial charge in [0.25, 0.3) is 0 Å². The van der Waals surface area contributed by atoms with E-state index in [1.165, 1.54) is 25.2 Å². The first-order valence-corrected chi connectivity index (χ1v) is 8.95. The van der Waals surface area contributed by atoms with E-state index < -0.39 is 19.9 Å². The quantitative estimate of drug-likeness (QED) is 0.617. The van der Waals surface area contributed by atoms with Gasteiger partial charge in [-0.05, 0) is 25.2 Å². The molecule has 0 heterocycles. The van der Waals surface area contributed by atoms with Crippen LogP contribution in [-0.2, 0) is 19.9 Å². The van der Waals surface area contributed by atoms with Gasteiger partial charge in [-0.1, -0.05) is 0 Å². The Balaban J connectivity index is 2.93. The van der Waals surface area contributed by atoms with Crippen LogP contribution in [0.25, 0.3) is 0 Å². The monoisotopic (exact) mass is 307 g/mol. The largest absolute Gasteiger partial charge is 0.397 e. The summed E-state index contributed by atoms with van der Waals surface area (Å²) in [5, 5.41) is 2.81. The van der Waals surface area contributed by atoms with Gasteiger partial charge in [0.05, 0.1) is 22.0 Å². The van der Waals surface area contributed by atoms with Gasteiger partial charge in [0, 0.05) is 12.8 Å². The standard InChI is InChI=1S/C10H17N3O4S2/c1-12-19(16,17)8-3-4-9(11)10(7-8)13-5-6-18(2,14)15/h3-4,7,12-13H,5-6,11H2,1-2H3. The minimum Gasteiger partial charge on any atom is -0.397 e. The molecule has 0 bridgehead atoms. The highest BCUT2D eigenvalue weighted by Gasteiger charge is 2.13. The van der Waals surface area contributed by atoms with Crippen LogP contribution in [0.4, 0.5) is 11.4 Å². The lowest BCUT2D eigenvalue weighted by Crippen LogP contribution is -2.19. The summed E-state index contributed by atoms with van der Waals surface area (Å²) in [5.41, 5.74) is 6.44. The Morgan fingerprint density at radius 1 is 1.21 bits per heavy atom. The molecule has 0 aliphatic carbocycles. The third kappa shape index (κ3) is 4.69. The molecule has 0 unspecified atom stereocenters. The molecule has 0 amide bonds. The van der Waals surface area contributed by atoms with E-state index in [1.807, 2.05) is 0 Å². The molecule has 9 heteroatoms. The maximum atomic E-state index is 11.6. The van der Waals surface area contributed by atoms with Gasteiger partial charge in [-0.25, -0.2) is 21.6 Å². The molecular formula is C10H17N3O4S2. The fourth-order valence-electron chi connectivity index (χ4n) is 1.34. The Kier molecular flexibility index (Phi) is 4.77. The van der Waals surface area contributed by atoms with Crippen molar-refractivity contribution in [3.8, 4) is 0 Å². The summed E-state index contributed by atoms with van der Waals surface area (Å²) in [4.78, 5) is 0.0612. The molecule has 0 aliphatic rings. The number of nitrogens with one attached hydrogen (secondary N) is 2. The molecule has 0 aliphatic heterocycles. The zero-order chi connectivity index (χ0) is 14.7. The van der Waals surface area contributed by atoms with Crippen LogP contribution in [0.5, 0.6) is 0 Å². The third-order valence-electron chi connectivity index (χ3n) is 2.39. The van der Waals surface area contributed by atoms with Crippen molar-refractivity contribution in [1.82, 2.24) is 4.72 Å². The van der Waals surface area contributed by atoms with E-state index in [0.717, 1.165) is 6.26 Å². The number of nitrogen functional groups attached to an aromatic ring is 1. The zero-order valence-electron chi connectivity index (χ0n) is 10.7. The van der Waals surface area contributed by atoms with Gasteiger partial charge >= 0.3 is 0 Å². The maximum Gasteiger partial charge on any atom is 0.240 e. The highest BCUT2D eigenvalue weighted by atomic mass is 32.2. The lowest BCUT2D eigenvalue weighted by atomic mass is 10.2. The molecule has 7 nitrogen and oxygen atoms in total. The number of anilines is 2. The molecule has 108 valence electrons. The summed E-state index contributed by atoms with van der Waals surface area (Å²) in [5.74, 6) is -0.0601. The number of benzene rings is 1. The van der Waals surface area contributed by atoms with E-state index >= 15 is 0 Å². The van der Waals surface area contributed by atoms with Gasteiger partial charge < -0.3 is 11.1 Å². The summed E-state index contributed by atoms with van der Waals surface area (Å²) in [7, 11) is -5.33. The molecule has 0 spiro atoms. The van der Waals surface area contributed by atoms with Gasteiger partial charge in [0.15, 0.2) is 0 Å². The van der Waals surface area contributed by atoms with Crippen molar-refractivity contribution >= 4 is 31.2 Å². The van der Waals surface area contributed by atoms with E-state index in [4.69, 9.17) is 5.73 Å². The first-order valence-electron chi connectivity index (χ1n) is 5.40. The van der Waals surface area contributed by atoms with Gasteiger partial charge in [0.1, 0.15) is 9.84 Å². The SMILES string of the molecule is CNS(=O)(=O)c1ccc(N)c(NCCS(C)(=O)=O)c1. The Labute approximate surface area is 113 Å². The van der Waals surface area contributed by atoms with Crippen molar-refractivity contribution in [1.29, 1.82) is 0 Å². The molecule has 0 atom stereocenters. The molecule has 0 aromatic heterocycles. The van der Waals surface area contributed by atoms with Crippen LogP contribution in [0.15, 0.2) is 23.1 Å². The molecule has 1 aromatic rings. The predicted molar refractivity (Wildman–Crippen MR) is 75.3 cm³/mol. The molecule has 0 saturated carbocycles. The van der Waals surface area contributed by atoms with Crippen molar-refractivity contribution in [2.24, 2.45) is 0 Å². The summed E-state index contributed by atoms with van der Waals surface area (Å²) in [6.45, 7) is 0.159. The van der Waals surface area contributed by atoms with Crippen LogP contribution in [0.1, 0.15) is 0 Å². The Morgan fingerprint density at radius 2 is 1.84 bits per heavy atom. The Morgan fingerprint density at radius 3 is 2.37 bits per heavy atom. The van der Waals surface area contributed by atoms with Crippen LogP contribution >= 0.6 is 0 Å². The zero-order valence-corrected chi connectivity index (χ0v) is 12.3. The first-order chi connectivity index (χ1) is 8.65. The van der Waals surface area contributed by atoms with Gasteiger partial charge in [0.2, 0.25) is 10.0 Å². The van der Waals surface area contributed by atoms with Gasteiger partial charge in [-0.2, -0.15) is 0 Å². The molecule has 0 fully saturated rings. The second kappa shape index (κ2) is 5.76. The van der Waals surface area contributed by atoms with Crippen molar-refractivity contribution in [3.63, 3.8) is 0 Å². The second-order valence-electron chi connectivity index (χ2n) is 4.01. The molecule has 1 aromatic carbocycles. The number of sulfone groups is 1. The highest BCUT2D eigenvalue weighted by molar-refractivity contribution is 7.90. The number of hydrogen-bond acceptors (Lipinski definition) is 6. The molecule has 0 saturated heterocycles. The van der Waals surface area contributed by atoms with Crippen LogP contribution in [0, 0.1) is 0 Å². The minimum atomic E-state index is -3.55. The first kappa shape index (κ1) is 15.7. The third-order valence-corrected chi connectivity index (χ3v) is 4.75. The second-order valence-corrected chi connectivity index (χ2v) is 8.16. The van der Waals surface area contributed by atoms with E-state index in [0.29, 0.717) is 11.4 Å². The lowest BCUT2D eigenvalue weighted by molar-refractivity contribution is 0.588. The van der Waals surface area contributed by atoms with Crippen molar-refractivity contribution in [2.45, 2.75) is 4.90 Å². The molecular weight excluding hydrogens is 290 g/mol. The van der Waals surface area contributed by atoms with Crippen molar-refractivity contribution in [3.05, 3.63) is 18.2 Å². The summed E-state index contributed by atoms with van der Waals surface area (Å²) < 4.78 is 47.4. The normalized spacial score (nSPS) is 12.3. The van der Waals surface area contributed by atoms with Gasteiger partial charge in [-0.3, -0.25) is 0 Å². The van der Waals surface area contributed by atoms with E-state index in [1.54, 1.807) is 0 Å². The van der Waals surface area contributed by atoms with E-state index in [9.17, 15) is 16.8 Å². The number of rotatable bonds is 6. The molecule has 1 rings (SSSR count). The average Bonchev–Trinajstić information content (AvgIpc) is 2.29. The average molecular weight is 307 g/mol. The molecule has 4 N–H and O–H groups in total. The molecule has 19 heavy (non-hydrogen) atoms. The maximum absolute atomic E-state index is 11.6. The highest BCUT2D eigenvalue weighted by Crippen LogP contribution is 2.22. The fraction of sp³-hybridized carbons (Fsp3) is 0.400. The summed E-state index contributed by atoms with van der Waals surface area (Å²) >= 11 is 0.